The second-order valence-electron chi connectivity index (χ2n) is 5.95. The van der Waals surface area contributed by atoms with E-state index in [1.165, 1.54) is 6.08 Å². The summed E-state index contributed by atoms with van der Waals surface area (Å²) in [5.74, 6) is -0.908. The Hall–Kier alpha value is -1.69. The Bertz CT molecular complexity index is 451. The zero-order valence-corrected chi connectivity index (χ0v) is 15.0. The van der Waals surface area contributed by atoms with Gasteiger partial charge in [0.05, 0.1) is 18.3 Å². The van der Waals surface area contributed by atoms with Crippen LogP contribution < -0.4 is 0 Å². The van der Waals surface area contributed by atoms with Crippen LogP contribution in [0.3, 0.4) is 0 Å². The standard InChI is InChI=1S/C20H32O5/c1-2-3-8-12-17(21)13-9-6-4-5-7-10-14-18(22)19(23)15-11-16-20(24)25/h4-7,9-10,13-14,17-19,21-23H,2-3,8,11-12,15-16H2,1H3,(H,24,25)/b6-4+,7-5+,13-9+,14-10-/t17-,18+,19-/m0/s1. The fraction of sp³-hybridized carbons (Fsp3) is 0.550. The van der Waals surface area contributed by atoms with Crippen molar-refractivity contribution in [3.8, 4) is 0 Å². The van der Waals surface area contributed by atoms with Crippen molar-refractivity contribution >= 4 is 5.97 Å². The molecule has 4 N–H and O–H groups in total. The highest BCUT2D eigenvalue weighted by Gasteiger charge is 2.12. The van der Waals surface area contributed by atoms with E-state index in [4.69, 9.17) is 5.11 Å². The van der Waals surface area contributed by atoms with Gasteiger partial charge in [-0.15, -0.1) is 0 Å². The number of hydrogen-bond donors (Lipinski definition) is 4. The number of allylic oxidation sites excluding steroid dienone is 6. The minimum Gasteiger partial charge on any atom is -0.481 e. The topological polar surface area (TPSA) is 98.0 Å². The molecule has 0 saturated heterocycles. The summed E-state index contributed by atoms with van der Waals surface area (Å²) in [5.41, 5.74) is 0. The van der Waals surface area contributed by atoms with E-state index in [0.29, 0.717) is 6.42 Å². The van der Waals surface area contributed by atoms with Crippen molar-refractivity contribution in [2.45, 2.75) is 70.2 Å². The third kappa shape index (κ3) is 15.6. The number of unbranched alkanes of at least 4 members (excludes halogenated alkanes) is 2. The van der Waals surface area contributed by atoms with Gasteiger partial charge in [0, 0.05) is 6.42 Å². The molecular weight excluding hydrogens is 320 g/mol. The maximum absolute atomic E-state index is 10.4. The molecule has 0 radical (unpaired) electrons. The summed E-state index contributed by atoms with van der Waals surface area (Å²) >= 11 is 0. The maximum Gasteiger partial charge on any atom is 0.303 e. The van der Waals surface area contributed by atoms with E-state index in [1.54, 1.807) is 36.5 Å². The van der Waals surface area contributed by atoms with Gasteiger partial charge >= 0.3 is 5.97 Å². The molecule has 0 aliphatic heterocycles. The molecule has 3 atom stereocenters. The molecule has 0 aliphatic rings. The number of hydrogen-bond acceptors (Lipinski definition) is 4. The van der Waals surface area contributed by atoms with Crippen LogP contribution in [0.2, 0.25) is 0 Å². The van der Waals surface area contributed by atoms with Crippen molar-refractivity contribution in [2.24, 2.45) is 0 Å². The number of aliphatic carboxylic acids is 1. The van der Waals surface area contributed by atoms with Crippen LogP contribution in [0.1, 0.15) is 51.9 Å². The molecule has 142 valence electrons. The van der Waals surface area contributed by atoms with Crippen LogP contribution in [-0.4, -0.2) is 44.7 Å². The largest absolute Gasteiger partial charge is 0.481 e. The lowest BCUT2D eigenvalue weighted by molar-refractivity contribution is -0.137. The first-order valence-corrected chi connectivity index (χ1v) is 8.91. The first-order chi connectivity index (χ1) is 12.0. The number of carbonyl (C=O) groups is 1. The Morgan fingerprint density at radius 3 is 2.04 bits per heavy atom. The van der Waals surface area contributed by atoms with E-state index in [9.17, 15) is 20.1 Å². The second-order valence-corrected chi connectivity index (χ2v) is 5.95. The lowest BCUT2D eigenvalue weighted by atomic mass is 10.1. The minimum atomic E-state index is -1.01. The Balaban J connectivity index is 3.97. The molecule has 0 spiro atoms. The molecule has 0 aromatic rings. The molecular formula is C20H32O5. The van der Waals surface area contributed by atoms with Crippen LogP contribution in [0.5, 0.6) is 0 Å². The molecule has 5 heteroatoms. The summed E-state index contributed by atoms with van der Waals surface area (Å²) in [6.07, 6.45) is 16.0. The highest BCUT2D eigenvalue weighted by atomic mass is 16.4. The third-order valence-corrected chi connectivity index (χ3v) is 3.59. The zero-order chi connectivity index (χ0) is 18.9. The molecule has 0 bridgehead atoms. The molecule has 0 aromatic carbocycles. The van der Waals surface area contributed by atoms with Crippen LogP contribution in [0, 0.1) is 0 Å². The molecule has 0 aliphatic carbocycles. The molecule has 5 nitrogen and oxygen atoms in total. The van der Waals surface area contributed by atoms with Crippen molar-refractivity contribution in [2.75, 3.05) is 0 Å². The van der Waals surface area contributed by atoms with Crippen LogP contribution in [0.15, 0.2) is 48.6 Å². The quantitative estimate of drug-likeness (QED) is 0.284. The van der Waals surface area contributed by atoms with Crippen LogP contribution in [0.4, 0.5) is 0 Å². The van der Waals surface area contributed by atoms with Gasteiger partial charge in [-0.05, 0) is 19.3 Å². The monoisotopic (exact) mass is 352 g/mol. The van der Waals surface area contributed by atoms with Crippen molar-refractivity contribution in [3.63, 3.8) is 0 Å². The van der Waals surface area contributed by atoms with E-state index >= 15 is 0 Å². The molecule has 0 aromatic heterocycles. The summed E-state index contributed by atoms with van der Waals surface area (Å²) in [7, 11) is 0. The molecule has 25 heavy (non-hydrogen) atoms. The summed E-state index contributed by atoms with van der Waals surface area (Å²) in [6, 6.07) is 0. The number of aliphatic hydroxyl groups excluding tert-OH is 3. The first-order valence-electron chi connectivity index (χ1n) is 8.91. The smallest absolute Gasteiger partial charge is 0.303 e. The number of aliphatic hydroxyl groups is 3. The first kappa shape index (κ1) is 23.3. The maximum atomic E-state index is 10.4. The Kier molecular flexibility index (Phi) is 14.7. The van der Waals surface area contributed by atoms with Gasteiger partial charge in [-0.25, -0.2) is 0 Å². The predicted molar refractivity (Wildman–Crippen MR) is 100 cm³/mol. The summed E-state index contributed by atoms with van der Waals surface area (Å²) in [6.45, 7) is 2.13. The summed E-state index contributed by atoms with van der Waals surface area (Å²) < 4.78 is 0. The fourth-order valence-corrected chi connectivity index (χ4v) is 2.09. The van der Waals surface area contributed by atoms with Crippen LogP contribution in [0.25, 0.3) is 0 Å². The molecule has 0 saturated carbocycles. The Morgan fingerprint density at radius 2 is 1.44 bits per heavy atom. The number of carboxylic acid groups (broad SMARTS) is 1. The van der Waals surface area contributed by atoms with E-state index in [-0.39, 0.29) is 12.8 Å². The summed E-state index contributed by atoms with van der Waals surface area (Å²) in [4.78, 5) is 10.4. The second kappa shape index (κ2) is 15.8. The van der Waals surface area contributed by atoms with Gasteiger partial charge in [0.15, 0.2) is 0 Å². The Morgan fingerprint density at radius 1 is 0.840 bits per heavy atom. The van der Waals surface area contributed by atoms with Gasteiger partial charge in [-0.1, -0.05) is 74.8 Å². The molecule has 0 fully saturated rings. The van der Waals surface area contributed by atoms with Gasteiger partial charge in [-0.2, -0.15) is 0 Å². The van der Waals surface area contributed by atoms with E-state index < -0.39 is 24.3 Å². The van der Waals surface area contributed by atoms with Crippen molar-refractivity contribution in [1.82, 2.24) is 0 Å². The van der Waals surface area contributed by atoms with Gasteiger partial charge in [0.25, 0.3) is 0 Å². The molecule has 0 rings (SSSR count). The van der Waals surface area contributed by atoms with E-state index in [0.717, 1.165) is 25.7 Å². The lowest BCUT2D eigenvalue weighted by Crippen LogP contribution is -2.23. The average Bonchev–Trinajstić information content (AvgIpc) is 2.56. The third-order valence-electron chi connectivity index (χ3n) is 3.59. The van der Waals surface area contributed by atoms with Gasteiger partial charge in [0.2, 0.25) is 0 Å². The highest BCUT2D eigenvalue weighted by molar-refractivity contribution is 5.66. The lowest BCUT2D eigenvalue weighted by Gasteiger charge is -2.13. The van der Waals surface area contributed by atoms with Gasteiger partial charge in [-0.3, -0.25) is 4.79 Å². The summed E-state index contributed by atoms with van der Waals surface area (Å²) in [5, 5.41) is 37.6. The minimum absolute atomic E-state index is 0.0149. The predicted octanol–water partition coefficient (Wildman–Crippen LogP) is 3.13. The normalized spacial score (nSPS) is 16.3. The van der Waals surface area contributed by atoms with Crippen molar-refractivity contribution in [3.05, 3.63) is 48.6 Å². The average molecular weight is 352 g/mol. The van der Waals surface area contributed by atoms with Crippen molar-refractivity contribution in [1.29, 1.82) is 0 Å². The highest BCUT2D eigenvalue weighted by Crippen LogP contribution is 2.06. The fourth-order valence-electron chi connectivity index (χ4n) is 2.09. The van der Waals surface area contributed by atoms with E-state index in [1.807, 2.05) is 6.08 Å². The molecule has 0 unspecified atom stereocenters. The van der Waals surface area contributed by atoms with Gasteiger partial charge < -0.3 is 20.4 Å². The number of carboxylic acids is 1. The SMILES string of the molecule is CCCCC[C@H](O)/C=C/C=C/C=C/C=C\[C@@H](O)[C@@H](O)CCCC(=O)O. The molecule has 0 amide bonds. The van der Waals surface area contributed by atoms with Crippen LogP contribution >= 0.6 is 0 Å². The van der Waals surface area contributed by atoms with Crippen molar-refractivity contribution < 1.29 is 25.2 Å². The zero-order valence-electron chi connectivity index (χ0n) is 15.0. The van der Waals surface area contributed by atoms with Crippen LogP contribution in [-0.2, 0) is 4.79 Å². The van der Waals surface area contributed by atoms with E-state index in [2.05, 4.69) is 6.92 Å². The van der Waals surface area contributed by atoms with Gasteiger partial charge in [0.1, 0.15) is 0 Å². The Labute approximate surface area is 150 Å². The molecule has 0 heterocycles. The number of rotatable bonds is 14.